The third-order valence-electron chi connectivity index (χ3n) is 3.89. The zero-order valence-corrected chi connectivity index (χ0v) is 11.5. The average Bonchev–Trinajstić information content (AvgIpc) is 2.41. The summed E-state index contributed by atoms with van der Waals surface area (Å²) in [5.74, 6) is -1.23. The van der Waals surface area contributed by atoms with Crippen molar-refractivity contribution >= 4 is 12.0 Å². The number of nitrogens with zero attached hydrogens (tertiary/aromatic N) is 2. The van der Waals surface area contributed by atoms with Crippen molar-refractivity contribution in [1.82, 2.24) is 9.80 Å². The number of carboxylic acid groups (broad SMARTS) is 1. The van der Waals surface area contributed by atoms with Gasteiger partial charge in [0.2, 0.25) is 0 Å². The molecule has 2 amide bonds. The molecule has 2 unspecified atom stereocenters. The molecule has 0 saturated carbocycles. The van der Waals surface area contributed by atoms with Gasteiger partial charge in [0.15, 0.2) is 0 Å². The Morgan fingerprint density at radius 3 is 2.68 bits per heavy atom. The maximum absolute atomic E-state index is 12.5. The first kappa shape index (κ1) is 14.1. The quantitative estimate of drug-likeness (QED) is 0.772. The van der Waals surface area contributed by atoms with Gasteiger partial charge in [0.1, 0.15) is 0 Å². The van der Waals surface area contributed by atoms with E-state index >= 15 is 0 Å². The van der Waals surface area contributed by atoms with Gasteiger partial charge in [-0.1, -0.05) is 0 Å². The second kappa shape index (κ2) is 5.77. The van der Waals surface area contributed by atoms with Gasteiger partial charge in [-0.3, -0.25) is 4.79 Å². The topological polar surface area (TPSA) is 70.1 Å². The zero-order valence-electron chi connectivity index (χ0n) is 11.5. The predicted molar refractivity (Wildman–Crippen MR) is 68.9 cm³/mol. The number of hydrogen-bond donors (Lipinski definition) is 1. The summed E-state index contributed by atoms with van der Waals surface area (Å²) in [7, 11) is 0. The highest BCUT2D eigenvalue weighted by Crippen LogP contribution is 2.20. The third kappa shape index (κ3) is 3.18. The van der Waals surface area contributed by atoms with E-state index in [0.29, 0.717) is 32.7 Å². The Morgan fingerprint density at radius 2 is 2.00 bits per heavy atom. The first-order valence-corrected chi connectivity index (χ1v) is 6.89. The minimum Gasteiger partial charge on any atom is -0.481 e. The molecule has 0 radical (unpaired) electrons. The fraction of sp³-hybridized carbons (Fsp3) is 0.846. The molecule has 0 aromatic carbocycles. The average molecular weight is 270 g/mol. The Hall–Kier alpha value is -1.30. The Labute approximate surface area is 113 Å². The monoisotopic (exact) mass is 270 g/mol. The molecule has 2 aliphatic heterocycles. The van der Waals surface area contributed by atoms with E-state index < -0.39 is 11.9 Å². The fourth-order valence-electron chi connectivity index (χ4n) is 2.70. The van der Waals surface area contributed by atoms with Gasteiger partial charge in [-0.2, -0.15) is 0 Å². The van der Waals surface area contributed by atoms with Crippen LogP contribution >= 0.6 is 0 Å². The van der Waals surface area contributed by atoms with Gasteiger partial charge in [0, 0.05) is 19.6 Å². The van der Waals surface area contributed by atoms with Crippen LogP contribution in [0.4, 0.5) is 4.79 Å². The Balaban J connectivity index is 2.00. The lowest BCUT2D eigenvalue weighted by atomic mass is 9.98. The van der Waals surface area contributed by atoms with Crippen LogP contribution in [0.3, 0.4) is 0 Å². The van der Waals surface area contributed by atoms with Gasteiger partial charge in [-0.05, 0) is 26.7 Å². The minimum atomic E-state index is -0.805. The van der Waals surface area contributed by atoms with Crippen molar-refractivity contribution in [3.05, 3.63) is 0 Å². The van der Waals surface area contributed by atoms with Crippen LogP contribution in [0, 0.1) is 5.92 Å². The first-order chi connectivity index (χ1) is 8.99. The smallest absolute Gasteiger partial charge is 0.320 e. The molecule has 0 bridgehead atoms. The second-order valence-corrected chi connectivity index (χ2v) is 5.55. The molecular weight excluding hydrogens is 248 g/mol. The third-order valence-corrected chi connectivity index (χ3v) is 3.89. The molecule has 2 aliphatic rings. The van der Waals surface area contributed by atoms with E-state index in [9.17, 15) is 9.59 Å². The molecule has 108 valence electrons. The fourth-order valence-corrected chi connectivity index (χ4v) is 2.70. The number of piperidine rings is 1. The number of amides is 2. The van der Waals surface area contributed by atoms with Crippen molar-refractivity contribution in [3.8, 4) is 0 Å². The number of morpholine rings is 1. The molecule has 2 fully saturated rings. The number of urea groups is 1. The number of ether oxygens (including phenoxy) is 1. The van der Waals surface area contributed by atoms with Gasteiger partial charge in [0.05, 0.1) is 24.7 Å². The molecular formula is C13H22N2O4. The summed E-state index contributed by atoms with van der Waals surface area (Å²) in [5.41, 5.74) is 0. The SMILES string of the molecule is CC1CN(C(=O)N2CCC[C@@H](C(=O)O)C2)C(C)CO1. The molecule has 0 spiro atoms. The van der Waals surface area contributed by atoms with Gasteiger partial charge >= 0.3 is 12.0 Å². The largest absolute Gasteiger partial charge is 0.481 e. The van der Waals surface area contributed by atoms with Crippen LogP contribution in [0.5, 0.6) is 0 Å². The lowest BCUT2D eigenvalue weighted by molar-refractivity contribution is -0.143. The highest BCUT2D eigenvalue weighted by molar-refractivity contribution is 5.77. The normalized spacial score (nSPS) is 32.2. The summed E-state index contributed by atoms with van der Waals surface area (Å²) in [5, 5.41) is 9.07. The van der Waals surface area contributed by atoms with Crippen molar-refractivity contribution in [3.63, 3.8) is 0 Å². The molecule has 2 rings (SSSR count). The number of carbonyl (C=O) groups excluding carboxylic acids is 1. The van der Waals surface area contributed by atoms with Crippen LogP contribution < -0.4 is 0 Å². The zero-order chi connectivity index (χ0) is 14.0. The molecule has 2 heterocycles. The van der Waals surface area contributed by atoms with Gasteiger partial charge in [-0.25, -0.2) is 4.79 Å². The molecule has 6 heteroatoms. The number of likely N-dealkylation sites (tertiary alicyclic amines) is 1. The number of hydrogen-bond acceptors (Lipinski definition) is 3. The lowest BCUT2D eigenvalue weighted by Gasteiger charge is -2.41. The van der Waals surface area contributed by atoms with E-state index in [4.69, 9.17) is 9.84 Å². The number of carbonyl (C=O) groups is 2. The van der Waals surface area contributed by atoms with E-state index in [1.165, 1.54) is 0 Å². The highest BCUT2D eigenvalue weighted by Gasteiger charge is 2.34. The molecule has 1 N–H and O–H groups in total. The molecule has 0 aromatic rings. The molecule has 0 aliphatic carbocycles. The standard InChI is InChI=1S/C13H22N2O4/c1-9-8-19-10(2)6-15(9)13(18)14-5-3-4-11(7-14)12(16)17/h9-11H,3-8H2,1-2H3,(H,16,17)/t9?,10?,11-/m1/s1. The Morgan fingerprint density at radius 1 is 1.26 bits per heavy atom. The van der Waals surface area contributed by atoms with Crippen LogP contribution in [0.2, 0.25) is 0 Å². The molecule has 19 heavy (non-hydrogen) atoms. The second-order valence-electron chi connectivity index (χ2n) is 5.55. The van der Waals surface area contributed by atoms with E-state index in [1.54, 1.807) is 9.80 Å². The van der Waals surface area contributed by atoms with E-state index in [2.05, 4.69) is 0 Å². The summed E-state index contributed by atoms with van der Waals surface area (Å²) in [6, 6.07) is 0.00232. The maximum atomic E-state index is 12.5. The van der Waals surface area contributed by atoms with Crippen LogP contribution in [0.1, 0.15) is 26.7 Å². The number of aliphatic carboxylic acids is 1. The van der Waals surface area contributed by atoms with Gasteiger partial charge in [-0.15, -0.1) is 0 Å². The van der Waals surface area contributed by atoms with E-state index in [-0.39, 0.29) is 18.2 Å². The summed E-state index contributed by atoms with van der Waals surface area (Å²) in [6.45, 7) is 6.01. The van der Waals surface area contributed by atoms with Gasteiger partial charge < -0.3 is 19.6 Å². The summed E-state index contributed by atoms with van der Waals surface area (Å²) in [6.07, 6.45) is 1.46. The lowest BCUT2D eigenvalue weighted by Crippen LogP contribution is -2.56. The van der Waals surface area contributed by atoms with Crippen LogP contribution in [0.25, 0.3) is 0 Å². The van der Waals surface area contributed by atoms with Crippen molar-refractivity contribution in [2.75, 3.05) is 26.2 Å². The van der Waals surface area contributed by atoms with E-state index in [0.717, 1.165) is 6.42 Å². The van der Waals surface area contributed by atoms with E-state index in [1.807, 2.05) is 13.8 Å². The maximum Gasteiger partial charge on any atom is 0.320 e. The molecule has 2 saturated heterocycles. The Kier molecular flexibility index (Phi) is 4.29. The van der Waals surface area contributed by atoms with Crippen LogP contribution in [-0.4, -0.2) is 65.3 Å². The van der Waals surface area contributed by atoms with Gasteiger partial charge in [0.25, 0.3) is 0 Å². The highest BCUT2D eigenvalue weighted by atomic mass is 16.5. The number of carboxylic acids is 1. The first-order valence-electron chi connectivity index (χ1n) is 6.89. The van der Waals surface area contributed by atoms with Crippen molar-refractivity contribution in [2.24, 2.45) is 5.92 Å². The number of rotatable bonds is 1. The Bertz CT molecular complexity index is 361. The van der Waals surface area contributed by atoms with Crippen molar-refractivity contribution < 1.29 is 19.4 Å². The van der Waals surface area contributed by atoms with Crippen LogP contribution in [0.15, 0.2) is 0 Å². The molecule has 6 nitrogen and oxygen atoms in total. The van der Waals surface area contributed by atoms with Crippen LogP contribution in [-0.2, 0) is 9.53 Å². The summed E-state index contributed by atoms with van der Waals surface area (Å²) >= 11 is 0. The minimum absolute atomic E-state index is 0.0419. The van der Waals surface area contributed by atoms with Crippen molar-refractivity contribution in [2.45, 2.75) is 38.8 Å². The summed E-state index contributed by atoms with van der Waals surface area (Å²) in [4.78, 5) is 27.0. The predicted octanol–water partition coefficient (Wildman–Crippen LogP) is 1.01. The van der Waals surface area contributed by atoms with Crippen molar-refractivity contribution in [1.29, 1.82) is 0 Å². The molecule has 0 aromatic heterocycles. The molecule has 3 atom stereocenters. The summed E-state index contributed by atoms with van der Waals surface area (Å²) < 4.78 is 5.51.